The summed E-state index contributed by atoms with van der Waals surface area (Å²) in [5.41, 5.74) is 7.43. The first-order chi connectivity index (χ1) is 9.94. The van der Waals surface area contributed by atoms with Crippen LogP contribution in [0.1, 0.15) is 12.5 Å². The van der Waals surface area contributed by atoms with Crippen molar-refractivity contribution in [3.63, 3.8) is 0 Å². The van der Waals surface area contributed by atoms with Crippen molar-refractivity contribution in [1.29, 1.82) is 0 Å². The summed E-state index contributed by atoms with van der Waals surface area (Å²) in [7, 11) is -3.77. The number of nitrogens with one attached hydrogen (secondary N) is 1. The van der Waals surface area contributed by atoms with Gasteiger partial charge in [0.25, 0.3) is 10.0 Å². The van der Waals surface area contributed by atoms with Crippen molar-refractivity contribution in [1.82, 2.24) is 0 Å². The predicted octanol–water partition coefficient (Wildman–Crippen LogP) is 2.78. The van der Waals surface area contributed by atoms with Crippen LogP contribution in [-0.2, 0) is 10.0 Å². The van der Waals surface area contributed by atoms with Gasteiger partial charge in [0.2, 0.25) is 0 Å². The Bertz CT molecular complexity index is 742. The molecule has 6 heteroatoms. The van der Waals surface area contributed by atoms with Gasteiger partial charge in [-0.15, -0.1) is 0 Å². The van der Waals surface area contributed by atoms with Crippen molar-refractivity contribution >= 4 is 21.4 Å². The zero-order chi connectivity index (χ0) is 15.5. The van der Waals surface area contributed by atoms with E-state index >= 15 is 0 Å². The number of benzene rings is 2. The van der Waals surface area contributed by atoms with Crippen molar-refractivity contribution in [3.05, 3.63) is 48.0 Å². The summed E-state index contributed by atoms with van der Waals surface area (Å²) in [5.74, 6) is 0.285. The van der Waals surface area contributed by atoms with Gasteiger partial charge in [-0.3, -0.25) is 4.72 Å². The van der Waals surface area contributed by atoms with Gasteiger partial charge in [-0.2, -0.15) is 0 Å². The minimum Gasteiger partial charge on any atom is -0.492 e. The summed E-state index contributed by atoms with van der Waals surface area (Å²) in [4.78, 5) is 0.0348. The average molecular weight is 306 g/mol. The SMILES string of the molecule is CCOc1ccc(N)cc1S(=O)(=O)Nc1ccccc1C. The Hall–Kier alpha value is -2.21. The first-order valence-electron chi connectivity index (χ1n) is 6.55. The fraction of sp³-hybridized carbons (Fsp3) is 0.200. The van der Waals surface area contributed by atoms with E-state index in [-0.39, 0.29) is 10.6 Å². The van der Waals surface area contributed by atoms with E-state index in [4.69, 9.17) is 10.5 Å². The maximum atomic E-state index is 12.6. The van der Waals surface area contributed by atoms with Crippen LogP contribution in [0, 0.1) is 6.92 Å². The Labute approximate surface area is 124 Å². The molecular formula is C15H18N2O3S. The number of sulfonamides is 1. The Morgan fingerprint density at radius 3 is 2.57 bits per heavy atom. The molecule has 0 atom stereocenters. The number of para-hydroxylation sites is 1. The molecule has 0 spiro atoms. The van der Waals surface area contributed by atoms with E-state index in [1.807, 2.05) is 19.1 Å². The van der Waals surface area contributed by atoms with Crippen LogP contribution in [0.15, 0.2) is 47.4 Å². The molecule has 2 aromatic rings. The van der Waals surface area contributed by atoms with Gasteiger partial charge in [-0.25, -0.2) is 8.42 Å². The highest BCUT2D eigenvalue weighted by molar-refractivity contribution is 7.92. The standard InChI is InChI=1S/C15H18N2O3S/c1-3-20-14-9-8-12(16)10-15(14)21(18,19)17-13-7-5-4-6-11(13)2/h4-10,17H,3,16H2,1-2H3. The Morgan fingerprint density at radius 2 is 1.90 bits per heavy atom. The first kappa shape index (κ1) is 15.2. The zero-order valence-corrected chi connectivity index (χ0v) is 12.8. The molecule has 0 aromatic heterocycles. The number of nitrogens with two attached hydrogens (primary N) is 1. The molecule has 0 aliphatic carbocycles. The summed E-state index contributed by atoms with van der Waals surface area (Å²) in [6.07, 6.45) is 0. The smallest absolute Gasteiger partial charge is 0.265 e. The van der Waals surface area contributed by atoms with Crippen LogP contribution in [0.5, 0.6) is 5.75 Å². The van der Waals surface area contributed by atoms with Crippen molar-refractivity contribution < 1.29 is 13.2 Å². The van der Waals surface area contributed by atoms with Gasteiger partial charge in [0.05, 0.1) is 12.3 Å². The average Bonchev–Trinajstić information content (AvgIpc) is 2.43. The summed E-state index contributed by atoms with van der Waals surface area (Å²) in [5, 5.41) is 0. The summed E-state index contributed by atoms with van der Waals surface area (Å²) in [6.45, 7) is 4.00. The van der Waals surface area contributed by atoms with Gasteiger partial charge in [0.15, 0.2) is 0 Å². The second-order valence-corrected chi connectivity index (χ2v) is 6.21. The number of anilines is 2. The van der Waals surface area contributed by atoms with E-state index in [1.165, 1.54) is 6.07 Å². The molecule has 2 aromatic carbocycles. The molecular weight excluding hydrogens is 288 g/mol. The van der Waals surface area contributed by atoms with Gasteiger partial charge >= 0.3 is 0 Å². The van der Waals surface area contributed by atoms with Crippen LogP contribution in [-0.4, -0.2) is 15.0 Å². The Morgan fingerprint density at radius 1 is 1.19 bits per heavy atom. The fourth-order valence-corrected chi connectivity index (χ4v) is 3.21. The molecule has 2 rings (SSSR count). The van der Waals surface area contributed by atoms with E-state index in [1.54, 1.807) is 31.2 Å². The monoisotopic (exact) mass is 306 g/mol. The maximum Gasteiger partial charge on any atom is 0.265 e. The molecule has 0 aliphatic rings. The van der Waals surface area contributed by atoms with E-state index < -0.39 is 10.0 Å². The number of hydrogen-bond acceptors (Lipinski definition) is 4. The lowest BCUT2D eigenvalue weighted by Crippen LogP contribution is -2.15. The second-order valence-electron chi connectivity index (χ2n) is 4.56. The topological polar surface area (TPSA) is 81.4 Å². The molecule has 0 aliphatic heterocycles. The number of nitrogen functional groups attached to an aromatic ring is 1. The van der Waals surface area contributed by atoms with Crippen LogP contribution in [0.25, 0.3) is 0 Å². The summed E-state index contributed by atoms with van der Waals surface area (Å²) < 4.78 is 33.0. The number of aryl methyl sites for hydroxylation is 1. The Kier molecular flexibility index (Phi) is 4.37. The first-order valence-corrected chi connectivity index (χ1v) is 8.03. The molecule has 112 valence electrons. The number of hydrogen-bond donors (Lipinski definition) is 2. The third kappa shape index (κ3) is 3.46. The van der Waals surface area contributed by atoms with Crippen molar-refractivity contribution in [2.75, 3.05) is 17.1 Å². The van der Waals surface area contributed by atoms with Gasteiger partial charge in [-0.05, 0) is 43.7 Å². The minimum absolute atomic E-state index is 0.0348. The highest BCUT2D eigenvalue weighted by atomic mass is 32.2. The van der Waals surface area contributed by atoms with E-state index in [9.17, 15) is 8.42 Å². The molecule has 0 saturated carbocycles. The summed E-state index contributed by atoms with van der Waals surface area (Å²) >= 11 is 0. The Balaban J connectivity index is 2.44. The molecule has 0 amide bonds. The van der Waals surface area contributed by atoms with E-state index in [2.05, 4.69) is 4.72 Å². The lowest BCUT2D eigenvalue weighted by atomic mass is 10.2. The largest absolute Gasteiger partial charge is 0.492 e. The maximum absolute atomic E-state index is 12.6. The van der Waals surface area contributed by atoms with Crippen LogP contribution >= 0.6 is 0 Å². The molecule has 0 fully saturated rings. The molecule has 3 N–H and O–H groups in total. The van der Waals surface area contributed by atoms with Crippen LogP contribution in [0.4, 0.5) is 11.4 Å². The van der Waals surface area contributed by atoms with E-state index in [0.29, 0.717) is 18.0 Å². The van der Waals surface area contributed by atoms with Crippen LogP contribution < -0.4 is 15.2 Å². The van der Waals surface area contributed by atoms with Gasteiger partial charge in [0.1, 0.15) is 10.6 Å². The van der Waals surface area contributed by atoms with Gasteiger partial charge in [0, 0.05) is 5.69 Å². The van der Waals surface area contributed by atoms with E-state index in [0.717, 1.165) is 5.56 Å². The van der Waals surface area contributed by atoms with Gasteiger partial charge in [-0.1, -0.05) is 18.2 Å². The summed E-state index contributed by atoms with van der Waals surface area (Å²) in [6, 6.07) is 11.7. The normalized spacial score (nSPS) is 11.1. The predicted molar refractivity (Wildman–Crippen MR) is 84.0 cm³/mol. The zero-order valence-electron chi connectivity index (χ0n) is 12.0. The molecule has 0 bridgehead atoms. The van der Waals surface area contributed by atoms with Crippen LogP contribution in [0.2, 0.25) is 0 Å². The second kappa shape index (κ2) is 6.05. The highest BCUT2D eigenvalue weighted by Crippen LogP contribution is 2.28. The lowest BCUT2D eigenvalue weighted by molar-refractivity contribution is 0.331. The number of rotatable bonds is 5. The number of ether oxygens (including phenoxy) is 1. The third-order valence-corrected chi connectivity index (χ3v) is 4.33. The van der Waals surface area contributed by atoms with Crippen molar-refractivity contribution in [3.8, 4) is 5.75 Å². The highest BCUT2D eigenvalue weighted by Gasteiger charge is 2.20. The van der Waals surface area contributed by atoms with Crippen molar-refractivity contribution in [2.24, 2.45) is 0 Å². The van der Waals surface area contributed by atoms with Crippen molar-refractivity contribution in [2.45, 2.75) is 18.7 Å². The van der Waals surface area contributed by atoms with Gasteiger partial charge < -0.3 is 10.5 Å². The molecule has 0 radical (unpaired) electrons. The quantitative estimate of drug-likeness (QED) is 0.832. The minimum atomic E-state index is -3.77. The van der Waals surface area contributed by atoms with Crippen LogP contribution in [0.3, 0.4) is 0 Å². The molecule has 0 unspecified atom stereocenters. The molecule has 5 nitrogen and oxygen atoms in total. The molecule has 21 heavy (non-hydrogen) atoms. The lowest BCUT2D eigenvalue weighted by Gasteiger charge is -2.14. The fourth-order valence-electron chi connectivity index (χ4n) is 1.90. The molecule has 0 heterocycles. The third-order valence-electron chi connectivity index (χ3n) is 2.95. The molecule has 0 saturated heterocycles.